The molecule has 0 aliphatic carbocycles. The van der Waals surface area contributed by atoms with E-state index in [1.54, 1.807) is 11.3 Å². The Labute approximate surface area is 333 Å². The summed E-state index contributed by atoms with van der Waals surface area (Å²) in [5, 5.41) is 4.69. The van der Waals surface area contributed by atoms with E-state index < -0.39 is 12.3 Å². The standard InChI is InChI=1S/C43H67N4O7S/c1-5-7-9-11-13-15-17-23-38-42(54-38)51-31-34(30-50-39(48)24-18-16-14-12-10-8-6-2)53-43(49)52-32-47(4)27-25-46(26-28-47)40-35-29-33(3)55-41(35)45-37-22-20-19-21-36(37)44-40/h19-22,29,34,38,42,45H,5-18,23-28,30-32H2,1-4H3/q+1. The number of epoxide rings is 1. The summed E-state index contributed by atoms with van der Waals surface area (Å²) in [5.41, 5.74) is 3.04. The summed E-state index contributed by atoms with van der Waals surface area (Å²) in [6, 6.07) is 10.3. The molecule has 2 fully saturated rings. The highest BCUT2D eigenvalue weighted by molar-refractivity contribution is 7.16. The summed E-state index contributed by atoms with van der Waals surface area (Å²) in [6.45, 7) is 9.79. The fraction of sp³-hybridized carbons (Fsp3) is 0.698. The molecule has 3 unspecified atom stereocenters. The van der Waals surface area contributed by atoms with E-state index in [2.05, 4.69) is 50.2 Å². The highest BCUT2D eigenvalue weighted by Gasteiger charge is 2.40. The predicted molar refractivity (Wildman–Crippen MR) is 219 cm³/mol. The molecule has 0 saturated carbocycles. The first-order valence-electron chi connectivity index (χ1n) is 21.2. The van der Waals surface area contributed by atoms with Crippen LogP contribution in [0.4, 0.5) is 21.2 Å². The number of thiophene rings is 1. The molecule has 0 radical (unpaired) electrons. The largest absolute Gasteiger partial charge is 0.513 e. The number of amidine groups is 1. The molecule has 3 atom stereocenters. The van der Waals surface area contributed by atoms with E-state index in [1.165, 1.54) is 69.1 Å². The number of aliphatic imine (C=N–C) groups is 1. The van der Waals surface area contributed by atoms with Crippen molar-refractivity contribution in [1.29, 1.82) is 0 Å². The van der Waals surface area contributed by atoms with Gasteiger partial charge in [-0.2, -0.15) is 0 Å². The van der Waals surface area contributed by atoms with E-state index in [0.717, 1.165) is 86.1 Å². The summed E-state index contributed by atoms with van der Waals surface area (Å²) < 4.78 is 29.3. The number of ether oxygens (including phenoxy) is 5. The van der Waals surface area contributed by atoms with E-state index in [-0.39, 0.29) is 38.3 Å². The number of benzene rings is 1. The second-order valence-electron chi connectivity index (χ2n) is 15.8. The number of fused-ring (bicyclic) bond motifs is 2. The zero-order valence-electron chi connectivity index (χ0n) is 34.0. The molecular formula is C43H67N4O7S+. The zero-order valence-corrected chi connectivity index (χ0v) is 34.8. The Balaban J connectivity index is 1.07. The van der Waals surface area contributed by atoms with Crippen LogP contribution in [0.1, 0.15) is 127 Å². The number of esters is 1. The first-order chi connectivity index (χ1) is 26.8. The summed E-state index contributed by atoms with van der Waals surface area (Å²) in [7, 11) is 2.10. The normalized spacial score (nSPS) is 19.0. The van der Waals surface area contributed by atoms with Gasteiger partial charge in [-0.3, -0.25) is 9.28 Å². The van der Waals surface area contributed by atoms with Gasteiger partial charge in [-0.05, 0) is 38.0 Å². The first-order valence-corrected chi connectivity index (χ1v) is 22.0. The van der Waals surface area contributed by atoms with E-state index >= 15 is 0 Å². The number of rotatable bonds is 24. The zero-order chi connectivity index (χ0) is 38.9. The third-order valence-electron chi connectivity index (χ3n) is 10.8. The Morgan fingerprint density at radius 3 is 2.33 bits per heavy atom. The Kier molecular flexibility index (Phi) is 17.6. The van der Waals surface area contributed by atoms with Crippen molar-refractivity contribution in [3.8, 4) is 0 Å². The average molecular weight is 784 g/mol. The smallest absolute Gasteiger partial charge is 0.462 e. The molecule has 2 aromatic rings. The summed E-state index contributed by atoms with van der Waals surface area (Å²) in [6.07, 6.45) is 16.1. The van der Waals surface area contributed by atoms with Crippen LogP contribution in [0.15, 0.2) is 35.3 Å². The number of hydrogen-bond acceptors (Lipinski definition) is 11. The lowest BCUT2D eigenvalue weighted by Gasteiger charge is -2.42. The van der Waals surface area contributed by atoms with E-state index in [0.29, 0.717) is 10.9 Å². The number of quaternary nitrogens is 1. The molecule has 4 heterocycles. The van der Waals surface area contributed by atoms with Crippen molar-refractivity contribution >= 4 is 45.7 Å². The molecule has 1 aromatic heterocycles. The van der Waals surface area contributed by atoms with Crippen molar-refractivity contribution in [1.82, 2.24) is 4.90 Å². The van der Waals surface area contributed by atoms with Gasteiger partial charge in [0, 0.05) is 11.3 Å². The molecular weight excluding hydrogens is 717 g/mol. The van der Waals surface area contributed by atoms with Gasteiger partial charge in [0.2, 0.25) is 6.73 Å². The maximum atomic E-state index is 13.1. The van der Waals surface area contributed by atoms with Crippen molar-refractivity contribution in [3.05, 3.63) is 40.8 Å². The third kappa shape index (κ3) is 14.4. The summed E-state index contributed by atoms with van der Waals surface area (Å²) in [5.74, 6) is 0.685. The molecule has 2 saturated heterocycles. The van der Waals surface area contributed by atoms with Crippen molar-refractivity contribution in [3.63, 3.8) is 0 Å². The van der Waals surface area contributed by atoms with Crippen molar-refractivity contribution < 1.29 is 37.8 Å². The van der Waals surface area contributed by atoms with E-state index in [4.69, 9.17) is 28.7 Å². The number of aryl methyl sites for hydroxylation is 1. The predicted octanol–water partition coefficient (Wildman–Crippen LogP) is 10.00. The van der Waals surface area contributed by atoms with Crippen LogP contribution in [-0.4, -0.2) is 99.0 Å². The number of likely N-dealkylation sites (N-methyl/N-ethyl adjacent to an activating group) is 1. The highest BCUT2D eigenvalue weighted by Crippen LogP contribution is 2.39. The van der Waals surface area contributed by atoms with Gasteiger partial charge in [0.25, 0.3) is 0 Å². The van der Waals surface area contributed by atoms with Crippen LogP contribution < -0.4 is 5.32 Å². The number of unbranched alkanes of at least 4 members (excludes halogenated alkanes) is 12. The number of piperazine rings is 1. The molecule has 1 N–H and O–H groups in total. The Morgan fingerprint density at radius 2 is 1.60 bits per heavy atom. The minimum atomic E-state index is -0.788. The van der Waals surface area contributed by atoms with Crippen LogP contribution in [0.2, 0.25) is 0 Å². The maximum Gasteiger partial charge on any atom is 0.513 e. The van der Waals surface area contributed by atoms with Crippen LogP contribution in [0.5, 0.6) is 0 Å². The van der Waals surface area contributed by atoms with Crippen molar-refractivity contribution in [2.75, 3.05) is 58.5 Å². The summed E-state index contributed by atoms with van der Waals surface area (Å²) in [4.78, 5) is 34.4. The topological polar surface area (TPSA) is 111 Å². The molecule has 0 amide bonds. The number of hydrogen-bond donors (Lipinski definition) is 1. The quantitative estimate of drug-likeness (QED) is 0.0481. The molecule has 12 heteroatoms. The van der Waals surface area contributed by atoms with Gasteiger partial charge < -0.3 is 33.9 Å². The second-order valence-corrected chi connectivity index (χ2v) is 17.1. The summed E-state index contributed by atoms with van der Waals surface area (Å²) >= 11 is 1.74. The lowest BCUT2D eigenvalue weighted by atomic mass is 10.1. The first kappa shape index (κ1) is 42.9. The van der Waals surface area contributed by atoms with Crippen LogP contribution in [0.3, 0.4) is 0 Å². The Bertz CT molecular complexity index is 1510. The lowest BCUT2D eigenvalue weighted by molar-refractivity contribution is -0.929. The van der Waals surface area contributed by atoms with Gasteiger partial charge in [-0.1, -0.05) is 109 Å². The number of carbonyl (C=O) groups excluding carboxylic acids is 2. The van der Waals surface area contributed by atoms with Crippen molar-refractivity contribution in [2.45, 2.75) is 142 Å². The molecule has 3 aliphatic rings. The molecule has 3 aliphatic heterocycles. The molecule has 1 aromatic carbocycles. The SMILES string of the molecule is CCCCCCCCCC(=O)OCC(COC1OC1CCCCCCCCC)OC(=O)OC[N+]1(C)CCN(C2=Nc3ccccc3Nc3sc(C)cc32)CC1. The van der Waals surface area contributed by atoms with Crippen LogP contribution in [-0.2, 0) is 28.5 Å². The lowest BCUT2D eigenvalue weighted by Crippen LogP contribution is -2.59. The number of nitrogens with one attached hydrogen (secondary N) is 1. The highest BCUT2D eigenvalue weighted by atomic mass is 32.1. The Morgan fingerprint density at radius 1 is 0.927 bits per heavy atom. The molecule has 0 bridgehead atoms. The third-order valence-corrected chi connectivity index (χ3v) is 11.8. The average Bonchev–Trinajstić information content (AvgIpc) is 3.87. The minimum Gasteiger partial charge on any atom is -0.462 e. The monoisotopic (exact) mass is 783 g/mol. The Hall–Kier alpha value is -3.19. The fourth-order valence-corrected chi connectivity index (χ4v) is 8.16. The van der Waals surface area contributed by atoms with Gasteiger partial charge in [-0.25, -0.2) is 9.79 Å². The molecule has 11 nitrogen and oxygen atoms in total. The minimum absolute atomic E-state index is 0.0662. The maximum absolute atomic E-state index is 13.1. The van der Waals surface area contributed by atoms with Gasteiger partial charge in [0.15, 0.2) is 12.4 Å². The van der Waals surface area contributed by atoms with Gasteiger partial charge in [0.1, 0.15) is 23.5 Å². The second kappa shape index (κ2) is 22.5. The number of para-hydroxylation sites is 2. The fourth-order valence-electron chi connectivity index (χ4n) is 7.24. The molecule has 306 valence electrons. The molecule has 55 heavy (non-hydrogen) atoms. The van der Waals surface area contributed by atoms with E-state index in [9.17, 15) is 9.59 Å². The number of nitrogens with zero attached hydrogens (tertiary/aromatic N) is 3. The van der Waals surface area contributed by atoms with Crippen LogP contribution >= 0.6 is 11.3 Å². The van der Waals surface area contributed by atoms with E-state index in [1.807, 2.05) is 18.2 Å². The van der Waals surface area contributed by atoms with Crippen LogP contribution in [0.25, 0.3) is 0 Å². The van der Waals surface area contributed by atoms with Gasteiger partial charge >= 0.3 is 12.1 Å². The number of carbonyl (C=O) groups is 2. The molecule has 0 spiro atoms. The van der Waals surface area contributed by atoms with Crippen molar-refractivity contribution in [2.24, 2.45) is 4.99 Å². The van der Waals surface area contributed by atoms with Gasteiger partial charge in [-0.15, -0.1) is 11.3 Å². The molecule has 5 rings (SSSR count). The number of anilines is 2. The van der Waals surface area contributed by atoms with Crippen LogP contribution in [0, 0.1) is 6.92 Å². The van der Waals surface area contributed by atoms with Gasteiger partial charge in [0.05, 0.1) is 56.8 Å².